The van der Waals surface area contributed by atoms with Gasteiger partial charge in [-0.3, -0.25) is 4.90 Å². The first-order valence-corrected chi connectivity index (χ1v) is 12.1. The van der Waals surface area contributed by atoms with Crippen LogP contribution >= 0.6 is 19.3 Å². The fraction of sp³-hybridized carbons (Fsp3) is 0.364. The lowest BCUT2D eigenvalue weighted by molar-refractivity contribution is 0.193. The number of aryl methyl sites for hydroxylation is 2. The number of rotatable bonds is 2. The van der Waals surface area contributed by atoms with Crippen molar-refractivity contribution in [3.8, 4) is 0 Å². The summed E-state index contributed by atoms with van der Waals surface area (Å²) in [5, 5.41) is 4.32. The van der Waals surface area contributed by atoms with E-state index in [1.54, 1.807) is 17.8 Å². The first-order valence-electron chi connectivity index (χ1n) is 9.06. The second-order valence-corrected chi connectivity index (χ2v) is 10.4. The molecule has 4 heteroatoms. The van der Waals surface area contributed by atoms with Crippen molar-refractivity contribution in [1.82, 2.24) is 4.90 Å². The van der Waals surface area contributed by atoms with Crippen LogP contribution in [-0.2, 0) is 13.1 Å². The second kappa shape index (κ2) is 6.71. The van der Waals surface area contributed by atoms with E-state index in [2.05, 4.69) is 62.8 Å². The predicted molar refractivity (Wildman–Crippen MR) is 113 cm³/mol. The maximum Gasteiger partial charge on any atom is 0.129 e. The highest BCUT2D eigenvalue weighted by Crippen LogP contribution is 2.54. The van der Waals surface area contributed by atoms with Crippen LogP contribution in [0.5, 0.6) is 0 Å². The molecule has 0 saturated heterocycles. The molecule has 3 atom stereocenters. The molecule has 3 unspecified atom stereocenters. The van der Waals surface area contributed by atoms with Gasteiger partial charge in [0.2, 0.25) is 0 Å². The summed E-state index contributed by atoms with van der Waals surface area (Å²) in [6, 6.07) is 13.1. The first-order chi connectivity index (χ1) is 12.4. The van der Waals surface area contributed by atoms with Gasteiger partial charge in [0.1, 0.15) is 5.82 Å². The highest BCUT2D eigenvalue weighted by molar-refractivity contribution is 7.98. The Bertz CT molecular complexity index is 970. The highest BCUT2D eigenvalue weighted by Gasteiger charge is 2.36. The van der Waals surface area contributed by atoms with Crippen molar-refractivity contribution in [2.24, 2.45) is 6.66 Å². The van der Waals surface area contributed by atoms with E-state index in [4.69, 9.17) is 0 Å². The van der Waals surface area contributed by atoms with Gasteiger partial charge in [0.05, 0.1) is 6.04 Å². The van der Waals surface area contributed by atoms with E-state index in [1.165, 1.54) is 21.4 Å². The molecule has 0 aliphatic carbocycles. The summed E-state index contributed by atoms with van der Waals surface area (Å²) in [5.41, 5.74) is 3.40. The molecule has 0 fully saturated rings. The molecule has 2 aromatic carbocycles. The largest absolute Gasteiger partial charge is 0.292 e. The number of thioether (sulfide) groups is 1. The van der Waals surface area contributed by atoms with E-state index in [0.717, 1.165) is 22.4 Å². The van der Waals surface area contributed by atoms with E-state index in [1.807, 2.05) is 6.26 Å². The van der Waals surface area contributed by atoms with Gasteiger partial charge in [-0.1, -0.05) is 24.3 Å². The molecule has 1 aromatic heterocycles. The van der Waals surface area contributed by atoms with Crippen LogP contribution in [0.3, 0.4) is 0 Å². The number of hydrogen-bond acceptors (Lipinski definition) is 2. The molecule has 0 bridgehead atoms. The quantitative estimate of drug-likeness (QED) is 0.463. The minimum absolute atomic E-state index is 0.0353. The molecule has 4 rings (SSSR count). The summed E-state index contributed by atoms with van der Waals surface area (Å²) in [6.45, 7) is 6.67. The van der Waals surface area contributed by atoms with E-state index in [0.29, 0.717) is 6.04 Å². The average Bonchev–Trinajstić information content (AvgIpc) is 2.90. The van der Waals surface area contributed by atoms with Crippen LogP contribution < -0.4 is 0 Å². The maximum atomic E-state index is 15.2. The van der Waals surface area contributed by atoms with Gasteiger partial charge in [-0.15, -0.1) is 19.3 Å². The molecular weight excluding hydrogens is 360 g/mol. The van der Waals surface area contributed by atoms with E-state index >= 15 is 4.39 Å². The minimum atomic E-state index is -0.417. The SMILES string of the molecule is CSc1cc(C)c(C2c3c(c4ccccc4p3C)CC(C)N2C)c(F)c1. The lowest BCUT2D eigenvalue weighted by Crippen LogP contribution is -2.39. The molecule has 1 nitrogen and oxygen atoms in total. The Balaban J connectivity index is 2.02. The number of hydrogen-bond donors (Lipinski definition) is 0. The van der Waals surface area contributed by atoms with Crippen LogP contribution in [0.1, 0.15) is 35.0 Å². The second-order valence-electron chi connectivity index (χ2n) is 7.40. The van der Waals surface area contributed by atoms with Gasteiger partial charge >= 0.3 is 0 Å². The summed E-state index contributed by atoms with van der Waals surface area (Å²) >= 11 is 1.60. The van der Waals surface area contributed by atoms with Crippen molar-refractivity contribution in [3.05, 3.63) is 64.2 Å². The molecule has 0 N–H and O–H groups in total. The molecular formula is C22H25FNPS. The molecule has 1 aliphatic rings. The van der Waals surface area contributed by atoms with Crippen LogP contribution in [0, 0.1) is 12.7 Å². The maximum absolute atomic E-state index is 15.2. The number of likely N-dealkylation sites (N-methyl/N-ethyl adjacent to an activating group) is 1. The lowest BCUT2D eigenvalue weighted by atomic mass is 9.88. The van der Waals surface area contributed by atoms with E-state index in [-0.39, 0.29) is 11.9 Å². The van der Waals surface area contributed by atoms with Crippen LogP contribution in [0.15, 0.2) is 41.3 Å². The Hall–Kier alpha value is -1.28. The summed E-state index contributed by atoms with van der Waals surface area (Å²) in [4.78, 5) is 3.38. The standard InChI is InChI=1S/C22H25FNPS/c1-13-10-15(26-5)12-18(23)20(13)21-22-17(11-14(2)24(21)3)16-8-6-7-9-19(16)25(22)4/h6-10,12,14,21H,11H2,1-5H3. The summed E-state index contributed by atoms with van der Waals surface area (Å²) in [6.07, 6.45) is 3.05. The Morgan fingerprint density at radius 2 is 1.96 bits per heavy atom. The van der Waals surface area contributed by atoms with Gasteiger partial charge in [-0.25, -0.2) is 4.39 Å². The summed E-state index contributed by atoms with van der Waals surface area (Å²) < 4.78 is 15.2. The minimum Gasteiger partial charge on any atom is -0.292 e. The zero-order chi connectivity index (χ0) is 18.6. The third-order valence-corrected chi connectivity index (χ3v) is 9.00. The van der Waals surface area contributed by atoms with Crippen molar-refractivity contribution in [3.63, 3.8) is 0 Å². The fourth-order valence-corrected chi connectivity index (χ4v) is 7.42. The van der Waals surface area contributed by atoms with Crippen molar-refractivity contribution in [1.29, 1.82) is 0 Å². The van der Waals surface area contributed by atoms with Crippen LogP contribution in [0.2, 0.25) is 0 Å². The van der Waals surface area contributed by atoms with Crippen LogP contribution in [0.4, 0.5) is 4.39 Å². The topological polar surface area (TPSA) is 3.24 Å². The molecule has 2 heterocycles. The van der Waals surface area contributed by atoms with Gasteiger partial charge in [0.25, 0.3) is 0 Å². The first kappa shape index (κ1) is 18.1. The Morgan fingerprint density at radius 3 is 2.65 bits per heavy atom. The zero-order valence-corrected chi connectivity index (χ0v) is 17.7. The van der Waals surface area contributed by atoms with Gasteiger partial charge in [0, 0.05) is 21.6 Å². The molecule has 0 saturated carbocycles. The van der Waals surface area contributed by atoms with Crippen LogP contribution in [0.25, 0.3) is 10.5 Å². The average molecular weight is 385 g/mol. The van der Waals surface area contributed by atoms with Crippen LogP contribution in [-0.4, -0.2) is 24.2 Å². The third-order valence-electron chi connectivity index (χ3n) is 5.94. The van der Waals surface area contributed by atoms with Gasteiger partial charge in [-0.2, -0.15) is 0 Å². The van der Waals surface area contributed by atoms with Crippen molar-refractivity contribution >= 4 is 29.8 Å². The Kier molecular flexibility index (Phi) is 4.67. The molecule has 0 spiro atoms. The Morgan fingerprint density at radius 1 is 1.23 bits per heavy atom. The summed E-state index contributed by atoms with van der Waals surface area (Å²) in [5.74, 6) is -0.0634. The van der Waals surface area contributed by atoms with E-state index in [9.17, 15) is 0 Å². The molecule has 26 heavy (non-hydrogen) atoms. The van der Waals surface area contributed by atoms with E-state index < -0.39 is 7.53 Å². The molecule has 136 valence electrons. The summed E-state index contributed by atoms with van der Waals surface area (Å²) in [7, 11) is 1.74. The molecule has 3 aromatic rings. The normalized spacial score (nSPS) is 21.2. The molecule has 0 radical (unpaired) electrons. The van der Waals surface area contributed by atoms with Gasteiger partial charge in [-0.05, 0) is 74.2 Å². The molecule has 0 amide bonds. The fourth-order valence-electron chi connectivity index (χ4n) is 4.47. The monoisotopic (exact) mass is 385 g/mol. The predicted octanol–water partition coefficient (Wildman–Crippen LogP) is 6.50. The van der Waals surface area contributed by atoms with Crippen molar-refractivity contribution in [2.45, 2.75) is 37.2 Å². The highest BCUT2D eigenvalue weighted by atomic mass is 32.2. The number of benzene rings is 2. The van der Waals surface area contributed by atoms with Gasteiger partial charge in [0.15, 0.2) is 0 Å². The van der Waals surface area contributed by atoms with Crippen molar-refractivity contribution in [2.75, 3.05) is 13.3 Å². The number of nitrogens with zero attached hydrogens (tertiary/aromatic N) is 1. The lowest BCUT2D eigenvalue weighted by Gasteiger charge is -2.40. The number of fused-ring (bicyclic) bond motifs is 3. The molecule has 1 aliphatic heterocycles. The zero-order valence-electron chi connectivity index (χ0n) is 16.0. The number of halogens is 1. The van der Waals surface area contributed by atoms with Gasteiger partial charge < -0.3 is 0 Å². The smallest absolute Gasteiger partial charge is 0.129 e. The van der Waals surface area contributed by atoms with Crippen molar-refractivity contribution < 1.29 is 4.39 Å². The Labute approximate surface area is 160 Å². The third kappa shape index (κ3) is 2.64.